The van der Waals surface area contributed by atoms with Gasteiger partial charge in [0.2, 0.25) is 0 Å². The Morgan fingerprint density at radius 2 is 2.09 bits per heavy atom. The predicted octanol–water partition coefficient (Wildman–Crippen LogP) is 2.78. The van der Waals surface area contributed by atoms with E-state index in [0.29, 0.717) is 0 Å². The number of carboxylic acids is 1. The summed E-state index contributed by atoms with van der Waals surface area (Å²) in [6, 6.07) is 9.38. The molecule has 1 aromatic carbocycles. The van der Waals surface area contributed by atoms with Crippen molar-refractivity contribution < 1.29 is 9.90 Å². The second-order valence-corrected chi connectivity index (χ2v) is 5.84. The molecule has 23 heavy (non-hydrogen) atoms. The molecule has 6 nitrogen and oxygen atoms in total. The molecule has 0 saturated heterocycles. The van der Waals surface area contributed by atoms with Gasteiger partial charge in [-0.2, -0.15) is 0 Å². The molecule has 0 aliphatic carbocycles. The number of aromatic carboxylic acids is 1. The number of pyridine rings is 1. The molecule has 0 fully saturated rings. The van der Waals surface area contributed by atoms with Gasteiger partial charge in [-0.3, -0.25) is 0 Å². The minimum absolute atomic E-state index is 0.175. The molecule has 3 aromatic rings. The summed E-state index contributed by atoms with van der Waals surface area (Å²) in [6.07, 6.45) is 0.985. The summed E-state index contributed by atoms with van der Waals surface area (Å²) in [5, 5.41) is 14.3. The third kappa shape index (κ3) is 3.12. The second-order valence-electron chi connectivity index (χ2n) is 5.84. The zero-order chi connectivity index (χ0) is 16.4. The Balaban J connectivity index is 2.02. The van der Waals surface area contributed by atoms with Crippen LogP contribution in [0.3, 0.4) is 0 Å². The van der Waals surface area contributed by atoms with Crippen molar-refractivity contribution in [2.75, 3.05) is 32.5 Å². The molecule has 2 aromatic heterocycles. The first-order valence-corrected chi connectivity index (χ1v) is 7.59. The first-order valence-electron chi connectivity index (χ1n) is 7.59. The zero-order valence-corrected chi connectivity index (χ0v) is 13.3. The largest absolute Gasteiger partial charge is 0.477 e. The number of anilines is 1. The topological polar surface area (TPSA) is 81.2 Å². The lowest BCUT2D eigenvalue weighted by atomic mass is 10.1. The van der Waals surface area contributed by atoms with Crippen LogP contribution in [0.15, 0.2) is 30.3 Å². The molecule has 3 N–H and O–H groups in total. The van der Waals surface area contributed by atoms with Crippen molar-refractivity contribution >= 4 is 33.6 Å². The first kappa shape index (κ1) is 15.3. The molecule has 0 spiro atoms. The fraction of sp³-hybridized carbons (Fsp3) is 0.294. The Morgan fingerprint density at radius 1 is 1.30 bits per heavy atom. The Morgan fingerprint density at radius 3 is 2.83 bits per heavy atom. The number of para-hydroxylation sites is 1. The maximum absolute atomic E-state index is 11.3. The van der Waals surface area contributed by atoms with Gasteiger partial charge < -0.3 is 20.3 Å². The van der Waals surface area contributed by atoms with Gasteiger partial charge in [-0.1, -0.05) is 18.2 Å². The normalized spacial score (nSPS) is 11.4. The summed E-state index contributed by atoms with van der Waals surface area (Å²) in [6.45, 7) is 1.77. The fourth-order valence-corrected chi connectivity index (χ4v) is 2.67. The zero-order valence-electron chi connectivity index (χ0n) is 13.3. The van der Waals surface area contributed by atoms with Gasteiger partial charge in [0.1, 0.15) is 11.5 Å². The van der Waals surface area contributed by atoms with Crippen molar-refractivity contribution in [3.05, 3.63) is 36.0 Å². The van der Waals surface area contributed by atoms with Crippen molar-refractivity contribution in [3.8, 4) is 0 Å². The van der Waals surface area contributed by atoms with Crippen LogP contribution < -0.4 is 5.32 Å². The van der Waals surface area contributed by atoms with Crippen molar-refractivity contribution in [2.24, 2.45) is 0 Å². The highest BCUT2D eigenvalue weighted by molar-refractivity contribution is 6.10. The molecule has 0 atom stereocenters. The molecule has 0 aliphatic heterocycles. The first-order chi connectivity index (χ1) is 11.1. The predicted molar refractivity (Wildman–Crippen MR) is 92.2 cm³/mol. The molecule has 0 bridgehead atoms. The van der Waals surface area contributed by atoms with Crippen LogP contribution in [0.25, 0.3) is 21.8 Å². The number of hydrogen-bond donors (Lipinski definition) is 3. The van der Waals surface area contributed by atoms with Gasteiger partial charge in [-0.25, -0.2) is 9.78 Å². The molecular formula is C17H20N4O2. The lowest BCUT2D eigenvalue weighted by molar-refractivity contribution is 0.0691. The minimum atomic E-state index is -0.969. The van der Waals surface area contributed by atoms with Crippen molar-refractivity contribution in [1.29, 1.82) is 0 Å². The quantitative estimate of drug-likeness (QED) is 0.610. The third-order valence-electron chi connectivity index (χ3n) is 3.78. The highest BCUT2D eigenvalue weighted by atomic mass is 16.4. The van der Waals surface area contributed by atoms with Crippen molar-refractivity contribution in [3.63, 3.8) is 0 Å². The molecule has 0 amide bonds. The van der Waals surface area contributed by atoms with Gasteiger partial charge in [-0.05, 0) is 39.2 Å². The number of H-pyrrole nitrogens is 1. The highest BCUT2D eigenvalue weighted by Crippen LogP contribution is 2.29. The summed E-state index contributed by atoms with van der Waals surface area (Å²) in [4.78, 5) is 21.1. The van der Waals surface area contributed by atoms with Crippen LogP contribution in [0.4, 0.5) is 5.82 Å². The minimum Gasteiger partial charge on any atom is -0.477 e. The number of carboxylic acid groups (broad SMARTS) is 1. The summed E-state index contributed by atoms with van der Waals surface area (Å²) < 4.78 is 0. The number of nitrogens with zero attached hydrogens (tertiary/aromatic N) is 2. The molecule has 0 unspecified atom stereocenters. The van der Waals surface area contributed by atoms with Gasteiger partial charge in [0.15, 0.2) is 0 Å². The summed E-state index contributed by atoms with van der Waals surface area (Å²) in [7, 11) is 4.08. The molecule has 120 valence electrons. The lowest BCUT2D eigenvalue weighted by Gasteiger charge is -2.11. The van der Waals surface area contributed by atoms with E-state index in [0.717, 1.165) is 47.1 Å². The standard InChI is InChI=1S/C17H20N4O2/c1-21(2)9-5-8-18-16-12-10-14(17(22)23)19-15(12)11-6-3-4-7-13(11)20-16/h3-4,6-7,10,19H,5,8-9H2,1-2H3,(H,18,20)(H,22,23). The number of fused-ring (bicyclic) bond motifs is 3. The summed E-state index contributed by atoms with van der Waals surface area (Å²) in [5.41, 5.74) is 1.83. The SMILES string of the molecule is CN(C)CCCNc1nc2ccccc2c2[nH]c(C(=O)O)cc12. The van der Waals surface area contributed by atoms with Crippen LogP contribution in [0.1, 0.15) is 16.9 Å². The van der Waals surface area contributed by atoms with Crippen molar-refractivity contribution in [2.45, 2.75) is 6.42 Å². The molecule has 2 heterocycles. The van der Waals surface area contributed by atoms with E-state index in [-0.39, 0.29) is 5.69 Å². The van der Waals surface area contributed by atoms with E-state index >= 15 is 0 Å². The fourth-order valence-electron chi connectivity index (χ4n) is 2.67. The van der Waals surface area contributed by atoms with E-state index in [1.165, 1.54) is 0 Å². The lowest BCUT2D eigenvalue weighted by Crippen LogP contribution is -2.16. The van der Waals surface area contributed by atoms with Gasteiger partial charge in [-0.15, -0.1) is 0 Å². The molecule has 6 heteroatoms. The molecule has 3 rings (SSSR count). The number of rotatable bonds is 6. The number of aromatic amines is 1. The van der Waals surface area contributed by atoms with Gasteiger partial charge in [0.25, 0.3) is 0 Å². The smallest absolute Gasteiger partial charge is 0.352 e. The van der Waals surface area contributed by atoms with Crippen LogP contribution in [-0.2, 0) is 0 Å². The molecule has 0 aliphatic rings. The van der Waals surface area contributed by atoms with E-state index in [4.69, 9.17) is 0 Å². The summed E-state index contributed by atoms with van der Waals surface area (Å²) >= 11 is 0. The van der Waals surface area contributed by atoms with Gasteiger partial charge in [0, 0.05) is 17.3 Å². The third-order valence-corrected chi connectivity index (χ3v) is 3.78. The van der Waals surface area contributed by atoms with E-state index in [9.17, 15) is 9.90 Å². The Hall–Kier alpha value is -2.60. The maximum atomic E-state index is 11.3. The maximum Gasteiger partial charge on any atom is 0.352 e. The average molecular weight is 312 g/mol. The molecule has 0 radical (unpaired) electrons. The number of carbonyl (C=O) groups is 1. The Kier molecular flexibility index (Phi) is 4.16. The monoisotopic (exact) mass is 312 g/mol. The van der Waals surface area contributed by atoms with E-state index in [1.807, 2.05) is 38.4 Å². The van der Waals surface area contributed by atoms with Crippen LogP contribution >= 0.6 is 0 Å². The van der Waals surface area contributed by atoms with Crippen LogP contribution in [0, 0.1) is 0 Å². The molecule has 0 saturated carbocycles. The van der Waals surface area contributed by atoms with Gasteiger partial charge in [0.05, 0.1) is 11.0 Å². The van der Waals surface area contributed by atoms with Crippen LogP contribution in [0.2, 0.25) is 0 Å². The van der Waals surface area contributed by atoms with Crippen LogP contribution in [-0.4, -0.2) is 53.1 Å². The Labute approximate surface area is 134 Å². The van der Waals surface area contributed by atoms with Crippen LogP contribution in [0.5, 0.6) is 0 Å². The number of hydrogen-bond acceptors (Lipinski definition) is 4. The highest BCUT2D eigenvalue weighted by Gasteiger charge is 2.14. The number of nitrogens with one attached hydrogen (secondary N) is 2. The Bertz CT molecular complexity index is 854. The van der Waals surface area contributed by atoms with E-state index in [2.05, 4.69) is 20.2 Å². The van der Waals surface area contributed by atoms with Gasteiger partial charge >= 0.3 is 5.97 Å². The average Bonchev–Trinajstić information content (AvgIpc) is 2.97. The van der Waals surface area contributed by atoms with E-state index < -0.39 is 5.97 Å². The summed E-state index contributed by atoms with van der Waals surface area (Å²) in [5.74, 6) is -0.245. The number of aromatic nitrogens is 2. The number of benzene rings is 1. The molecular weight excluding hydrogens is 292 g/mol. The van der Waals surface area contributed by atoms with E-state index in [1.54, 1.807) is 6.07 Å². The van der Waals surface area contributed by atoms with Crippen molar-refractivity contribution in [1.82, 2.24) is 14.9 Å². The second kappa shape index (κ2) is 6.26.